The first-order chi connectivity index (χ1) is 28.2. The summed E-state index contributed by atoms with van der Waals surface area (Å²) in [4.78, 5) is 24.5. The molecule has 6 heteroatoms. The smallest absolute Gasteiger partial charge is 0.246 e. The Morgan fingerprint density at radius 1 is 0.316 bits per heavy atom. The van der Waals surface area contributed by atoms with Gasteiger partial charge in [-0.2, -0.15) is 0 Å². The fraction of sp³-hybridized carbons (Fsp3) is 0. The number of hydrogen-bond acceptors (Lipinski definition) is 6. The minimum atomic E-state index is 0.559. The molecule has 57 heavy (non-hydrogen) atoms. The van der Waals surface area contributed by atoms with Crippen LogP contribution in [0.15, 0.2) is 192 Å². The van der Waals surface area contributed by atoms with E-state index in [0.717, 1.165) is 82.8 Å². The van der Waals surface area contributed by atoms with Crippen LogP contribution in [-0.2, 0) is 0 Å². The lowest BCUT2D eigenvalue weighted by molar-refractivity contribution is 0.655. The van der Waals surface area contributed by atoms with E-state index >= 15 is 0 Å². The van der Waals surface area contributed by atoms with Crippen LogP contribution < -0.4 is 0 Å². The predicted molar refractivity (Wildman–Crippen MR) is 230 cm³/mol. The van der Waals surface area contributed by atoms with Gasteiger partial charge in [0.1, 0.15) is 11.1 Å². The lowest BCUT2D eigenvalue weighted by Crippen LogP contribution is -2.00. The molecule has 0 fully saturated rings. The Labute approximate surface area is 327 Å². The maximum Gasteiger partial charge on any atom is 0.246 e. The van der Waals surface area contributed by atoms with Crippen LogP contribution in [0.4, 0.5) is 0 Å². The summed E-state index contributed by atoms with van der Waals surface area (Å²) >= 11 is 0. The van der Waals surface area contributed by atoms with E-state index in [0.29, 0.717) is 23.2 Å². The average molecular weight is 730 g/mol. The van der Waals surface area contributed by atoms with Crippen LogP contribution in [0.3, 0.4) is 0 Å². The maximum absolute atomic E-state index is 6.15. The summed E-state index contributed by atoms with van der Waals surface area (Å²) in [6.07, 6.45) is 0. The molecule has 3 heterocycles. The monoisotopic (exact) mass is 729 g/mol. The van der Waals surface area contributed by atoms with Gasteiger partial charge in [0.05, 0.1) is 16.4 Å². The second-order valence-corrected chi connectivity index (χ2v) is 14.1. The fourth-order valence-electron chi connectivity index (χ4n) is 7.60. The van der Waals surface area contributed by atoms with Crippen LogP contribution in [0.1, 0.15) is 0 Å². The third kappa shape index (κ3) is 5.97. The highest BCUT2D eigenvalue weighted by Crippen LogP contribution is 2.36. The van der Waals surface area contributed by atoms with Crippen molar-refractivity contribution in [1.29, 1.82) is 0 Å². The summed E-state index contributed by atoms with van der Waals surface area (Å²) in [5, 5.41) is 3.21. The molecule has 0 saturated carbocycles. The molecule has 6 nitrogen and oxygen atoms in total. The third-order valence-electron chi connectivity index (χ3n) is 10.6. The molecule has 0 aliphatic rings. The first kappa shape index (κ1) is 32.6. The Morgan fingerprint density at radius 3 is 1.30 bits per heavy atom. The Bertz CT molecular complexity index is 3250. The summed E-state index contributed by atoms with van der Waals surface area (Å²) in [5.41, 5.74) is 13.5. The third-order valence-corrected chi connectivity index (χ3v) is 10.6. The number of benzene rings is 8. The van der Waals surface area contributed by atoms with Gasteiger partial charge in [-0.25, -0.2) is 24.9 Å². The van der Waals surface area contributed by atoms with Gasteiger partial charge in [-0.3, -0.25) is 0 Å². The Morgan fingerprint density at radius 2 is 0.737 bits per heavy atom. The fourth-order valence-corrected chi connectivity index (χ4v) is 7.60. The van der Waals surface area contributed by atoms with Crippen molar-refractivity contribution < 1.29 is 4.42 Å². The minimum absolute atomic E-state index is 0.559. The number of nitrogens with zero attached hydrogens (tertiary/aromatic N) is 5. The molecular formula is C51H31N5O. The van der Waals surface area contributed by atoms with E-state index in [9.17, 15) is 0 Å². The number of aromatic nitrogens is 5. The average Bonchev–Trinajstić information content (AvgIpc) is 3.66. The lowest BCUT2D eigenvalue weighted by atomic mass is 9.97. The van der Waals surface area contributed by atoms with Crippen LogP contribution in [0.5, 0.6) is 0 Å². The van der Waals surface area contributed by atoms with Crippen molar-refractivity contribution in [3.05, 3.63) is 188 Å². The standard InChI is InChI=1S/C51H31N5O/c1-3-9-32(10-4-1)33-19-23-38(24-20-33)49-54-48(37-11-5-2-6-12-37)55-50(56-49)39-25-21-35(22-26-39)34-15-17-36(18-16-34)40-27-29-42-41(31-40)28-30-45-46(42)47-51(57-45)53-44-14-8-7-13-43(44)52-47/h1-31H. The second kappa shape index (κ2) is 13.5. The van der Waals surface area contributed by atoms with Gasteiger partial charge in [0, 0.05) is 16.7 Å². The largest absolute Gasteiger partial charge is 0.436 e. The quantitative estimate of drug-likeness (QED) is 0.170. The van der Waals surface area contributed by atoms with E-state index in [-0.39, 0.29) is 0 Å². The van der Waals surface area contributed by atoms with E-state index in [1.807, 2.05) is 66.7 Å². The molecule has 0 bridgehead atoms. The lowest BCUT2D eigenvalue weighted by Gasteiger charge is -2.10. The summed E-state index contributed by atoms with van der Waals surface area (Å²) in [6, 6.07) is 64.6. The van der Waals surface area contributed by atoms with Crippen molar-refractivity contribution in [2.24, 2.45) is 0 Å². The highest BCUT2D eigenvalue weighted by Gasteiger charge is 2.16. The molecule has 0 saturated heterocycles. The Hall–Kier alpha value is -7.83. The molecule has 11 aromatic rings. The van der Waals surface area contributed by atoms with Crippen LogP contribution >= 0.6 is 0 Å². The minimum Gasteiger partial charge on any atom is -0.436 e. The van der Waals surface area contributed by atoms with Crippen molar-refractivity contribution in [3.8, 4) is 67.5 Å². The number of fused-ring (bicyclic) bond motifs is 6. The van der Waals surface area contributed by atoms with Gasteiger partial charge in [0.25, 0.3) is 0 Å². The highest BCUT2D eigenvalue weighted by molar-refractivity contribution is 6.18. The van der Waals surface area contributed by atoms with Gasteiger partial charge >= 0.3 is 0 Å². The van der Waals surface area contributed by atoms with Crippen LogP contribution in [-0.4, -0.2) is 24.9 Å². The van der Waals surface area contributed by atoms with Crippen LogP contribution in [0, 0.1) is 0 Å². The zero-order valence-electron chi connectivity index (χ0n) is 30.5. The number of rotatable bonds is 6. The molecule has 0 aliphatic heterocycles. The van der Waals surface area contributed by atoms with Gasteiger partial charge in [-0.05, 0) is 68.4 Å². The zero-order valence-corrected chi connectivity index (χ0v) is 30.5. The van der Waals surface area contributed by atoms with E-state index in [1.54, 1.807) is 0 Å². The van der Waals surface area contributed by atoms with E-state index in [2.05, 4.69) is 121 Å². The molecule has 11 rings (SSSR count). The summed E-state index contributed by atoms with van der Waals surface area (Å²) in [6.45, 7) is 0. The molecule has 0 atom stereocenters. The normalized spacial score (nSPS) is 11.5. The van der Waals surface area contributed by atoms with Crippen molar-refractivity contribution in [1.82, 2.24) is 24.9 Å². The van der Waals surface area contributed by atoms with Gasteiger partial charge in [-0.1, -0.05) is 164 Å². The van der Waals surface area contributed by atoms with Crippen molar-refractivity contribution in [3.63, 3.8) is 0 Å². The molecule has 8 aromatic carbocycles. The second-order valence-electron chi connectivity index (χ2n) is 14.1. The summed E-state index contributed by atoms with van der Waals surface area (Å²) < 4.78 is 6.15. The summed E-state index contributed by atoms with van der Waals surface area (Å²) in [7, 11) is 0. The molecule has 0 spiro atoms. The summed E-state index contributed by atoms with van der Waals surface area (Å²) in [5.74, 6) is 1.91. The van der Waals surface area contributed by atoms with E-state index in [1.165, 1.54) is 5.56 Å². The van der Waals surface area contributed by atoms with Crippen molar-refractivity contribution in [2.45, 2.75) is 0 Å². The van der Waals surface area contributed by atoms with Gasteiger partial charge in [0.2, 0.25) is 5.71 Å². The first-order valence-electron chi connectivity index (χ1n) is 18.9. The molecule has 0 aliphatic carbocycles. The van der Waals surface area contributed by atoms with E-state index in [4.69, 9.17) is 29.3 Å². The molecule has 266 valence electrons. The van der Waals surface area contributed by atoms with E-state index < -0.39 is 0 Å². The van der Waals surface area contributed by atoms with Gasteiger partial charge in [-0.15, -0.1) is 0 Å². The topological polar surface area (TPSA) is 77.6 Å². The number of furan rings is 1. The Balaban J connectivity index is 0.888. The van der Waals surface area contributed by atoms with Gasteiger partial charge in [0.15, 0.2) is 17.5 Å². The molecule has 0 unspecified atom stereocenters. The van der Waals surface area contributed by atoms with Crippen LogP contribution in [0.2, 0.25) is 0 Å². The van der Waals surface area contributed by atoms with Gasteiger partial charge < -0.3 is 4.42 Å². The molecule has 0 radical (unpaired) electrons. The molecule has 0 amide bonds. The zero-order chi connectivity index (χ0) is 37.7. The highest BCUT2D eigenvalue weighted by atomic mass is 16.3. The van der Waals surface area contributed by atoms with Crippen molar-refractivity contribution in [2.75, 3.05) is 0 Å². The molecule has 0 N–H and O–H groups in total. The first-order valence-corrected chi connectivity index (χ1v) is 18.9. The Kier molecular flexibility index (Phi) is 7.71. The van der Waals surface area contributed by atoms with Crippen LogP contribution in [0.25, 0.3) is 112 Å². The molecule has 3 aromatic heterocycles. The van der Waals surface area contributed by atoms with Crippen molar-refractivity contribution >= 4 is 44.0 Å². The molecular weight excluding hydrogens is 699 g/mol. The maximum atomic E-state index is 6.15. The number of hydrogen-bond donors (Lipinski definition) is 0. The SMILES string of the molecule is c1ccc(-c2ccc(-c3nc(-c4ccccc4)nc(-c4ccc(-c5ccc(-c6ccc7c(ccc8oc9nc%10ccccc%10nc9c87)c6)cc5)cc4)n3)cc2)cc1. The number of para-hydroxylation sites is 2. The predicted octanol–water partition coefficient (Wildman–Crippen LogP) is 12.9.